The van der Waals surface area contributed by atoms with Crippen molar-refractivity contribution in [3.8, 4) is 0 Å². The number of carbonyl (C=O) groups excluding carboxylic acids is 1. The highest BCUT2D eigenvalue weighted by molar-refractivity contribution is 14.1. The Bertz CT molecular complexity index is 556. The van der Waals surface area contributed by atoms with E-state index in [1.165, 1.54) is 50.7 Å². The van der Waals surface area contributed by atoms with Gasteiger partial charge >= 0.3 is 0 Å². The maximum Gasteiger partial charge on any atom is 0.257 e. The minimum Gasteiger partial charge on any atom is -0.369 e. The fraction of sp³-hybridized carbons (Fsp3) is 0.842. The van der Waals surface area contributed by atoms with E-state index in [2.05, 4.69) is 26.1 Å². The minimum atomic E-state index is -0.616. The van der Waals surface area contributed by atoms with E-state index in [1.54, 1.807) is 11.9 Å². The number of rotatable bonds is 5. The number of amides is 1. The Hall–Kier alpha value is -0.660. The molecule has 25 heavy (non-hydrogen) atoms. The van der Waals surface area contributed by atoms with Gasteiger partial charge in [-0.3, -0.25) is 9.69 Å². The average Bonchev–Trinajstić information content (AvgIpc) is 2.85. The lowest BCUT2D eigenvalue weighted by Crippen LogP contribution is -2.44. The molecular formula is C19H31IN4O. The van der Waals surface area contributed by atoms with Gasteiger partial charge in [-0.05, 0) is 56.8 Å². The van der Waals surface area contributed by atoms with Crippen LogP contribution in [-0.4, -0.2) is 35.1 Å². The Kier molecular flexibility index (Phi) is 6.39. The van der Waals surface area contributed by atoms with Gasteiger partial charge in [0.05, 0.1) is 22.9 Å². The van der Waals surface area contributed by atoms with Crippen molar-refractivity contribution in [3.05, 3.63) is 0 Å². The lowest BCUT2D eigenvalue weighted by molar-refractivity contribution is -0.131. The minimum absolute atomic E-state index is 0.111. The molecule has 5 nitrogen and oxygen atoms in total. The van der Waals surface area contributed by atoms with Gasteiger partial charge in [-0.25, -0.2) is 8.20 Å². The first-order chi connectivity index (χ1) is 12.0. The average molecular weight is 458 g/mol. The molecule has 2 atom stereocenters. The molecule has 1 heterocycles. The van der Waals surface area contributed by atoms with E-state index in [0.29, 0.717) is 11.9 Å². The van der Waals surface area contributed by atoms with E-state index in [9.17, 15) is 4.79 Å². The summed E-state index contributed by atoms with van der Waals surface area (Å²) in [6.07, 6.45) is 13.9. The zero-order chi connectivity index (χ0) is 17.9. The number of nitrogens with two attached hydrogens (primary N) is 1. The Balaban J connectivity index is 1.72. The largest absolute Gasteiger partial charge is 0.369 e. The number of halogens is 1. The van der Waals surface area contributed by atoms with Crippen LogP contribution < -0.4 is 5.73 Å². The molecule has 0 spiro atoms. The summed E-state index contributed by atoms with van der Waals surface area (Å²) < 4.78 is 4.39. The number of likely N-dealkylation sites (N-methyl/N-ethyl adjacent to an activating group) is 1. The third-order valence-electron chi connectivity index (χ3n) is 6.41. The molecule has 1 aliphatic heterocycles. The summed E-state index contributed by atoms with van der Waals surface area (Å²) in [5.74, 6) is 1.77. The van der Waals surface area contributed by atoms with Crippen LogP contribution in [0.15, 0.2) is 8.20 Å². The standard InChI is InChI=1S/C19H31IN4O/c1-24-17(25)19(22-18(24)21,11-10-14-6-3-2-4-7-14)13-15-8-5-9-16(12-15)23-20/h14-15H,2-13H2,1H3,(H2,21,22)/t15-,19-/m1/s1. The van der Waals surface area contributed by atoms with Gasteiger partial charge in [0.1, 0.15) is 5.54 Å². The van der Waals surface area contributed by atoms with Crippen molar-refractivity contribution in [3.63, 3.8) is 0 Å². The fourth-order valence-electron chi connectivity index (χ4n) is 4.94. The van der Waals surface area contributed by atoms with Gasteiger partial charge in [-0.15, -0.1) is 0 Å². The van der Waals surface area contributed by atoms with E-state index in [1.807, 2.05) is 0 Å². The zero-order valence-electron chi connectivity index (χ0n) is 15.3. The number of guanidine groups is 1. The molecule has 3 aliphatic rings. The molecule has 0 aromatic rings. The summed E-state index contributed by atoms with van der Waals surface area (Å²) in [4.78, 5) is 19.3. The van der Waals surface area contributed by atoms with E-state index in [-0.39, 0.29) is 5.91 Å². The SMILES string of the molecule is CN1C(=O)[C@@](CCC2CCCCC2)(C[C@@H]2CCCC(=NI)C2)N=C1N. The lowest BCUT2D eigenvalue weighted by Gasteiger charge is -2.33. The summed E-state index contributed by atoms with van der Waals surface area (Å²) in [7, 11) is 1.77. The van der Waals surface area contributed by atoms with E-state index >= 15 is 0 Å². The van der Waals surface area contributed by atoms with Crippen LogP contribution >= 0.6 is 22.9 Å². The molecule has 0 unspecified atom stereocenters. The molecule has 0 bridgehead atoms. The molecule has 2 N–H and O–H groups in total. The second-order valence-electron chi connectivity index (χ2n) is 8.23. The third-order valence-corrected chi connectivity index (χ3v) is 7.10. The highest BCUT2D eigenvalue weighted by Crippen LogP contribution is 2.40. The monoisotopic (exact) mass is 458 g/mol. The predicted octanol–water partition coefficient (Wildman–Crippen LogP) is 4.24. The molecule has 0 saturated heterocycles. The second kappa shape index (κ2) is 8.35. The summed E-state index contributed by atoms with van der Waals surface area (Å²) >= 11 is 2.11. The lowest BCUT2D eigenvalue weighted by atomic mass is 9.75. The molecule has 2 aliphatic carbocycles. The van der Waals surface area contributed by atoms with Crippen molar-refractivity contribution in [2.45, 2.75) is 82.6 Å². The van der Waals surface area contributed by atoms with Crippen LogP contribution in [0.1, 0.15) is 77.0 Å². The summed E-state index contributed by atoms with van der Waals surface area (Å²) in [6, 6.07) is 0. The van der Waals surface area contributed by atoms with Gasteiger partial charge in [0.15, 0.2) is 5.96 Å². The van der Waals surface area contributed by atoms with Gasteiger partial charge in [-0.2, -0.15) is 0 Å². The number of nitrogens with zero attached hydrogens (tertiary/aromatic N) is 3. The van der Waals surface area contributed by atoms with E-state index in [0.717, 1.165) is 38.0 Å². The Morgan fingerprint density at radius 2 is 1.96 bits per heavy atom. The molecule has 6 heteroatoms. The van der Waals surface area contributed by atoms with Crippen LogP contribution in [0.2, 0.25) is 0 Å². The molecular weight excluding hydrogens is 427 g/mol. The number of hydrogen-bond donors (Lipinski definition) is 1. The Morgan fingerprint density at radius 3 is 2.60 bits per heavy atom. The highest BCUT2D eigenvalue weighted by atomic mass is 127. The Morgan fingerprint density at radius 1 is 1.24 bits per heavy atom. The third kappa shape index (κ3) is 4.37. The van der Waals surface area contributed by atoms with Crippen LogP contribution in [0.5, 0.6) is 0 Å². The predicted molar refractivity (Wildman–Crippen MR) is 111 cm³/mol. The fourth-order valence-corrected chi connectivity index (χ4v) is 5.37. The first-order valence-corrected chi connectivity index (χ1v) is 10.8. The molecule has 0 radical (unpaired) electrons. The van der Waals surface area contributed by atoms with Crippen molar-refractivity contribution in [1.29, 1.82) is 0 Å². The van der Waals surface area contributed by atoms with Crippen LogP contribution in [0.25, 0.3) is 0 Å². The van der Waals surface area contributed by atoms with Gasteiger partial charge in [-0.1, -0.05) is 32.1 Å². The van der Waals surface area contributed by atoms with Crippen molar-refractivity contribution >= 4 is 40.4 Å². The molecule has 1 amide bonds. The van der Waals surface area contributed by atoms with Crippen LogP contribution in [0.3, 0.4) is 0 Å². The molecule has 3 rings (SSSR count). The van der Waals surface area contributed by atoms with Crippen LogP contribution in [0, 0.1) is 11.8 Å². The van der Waals surface area contributed by atoms with Gasteiger partial charge < -0.3 is 5.73 Å². The van der Waals surface area contributed by atoms with Crippen LogP contribution in [0.4, 0.5) is 0 Å². The maximum atomic E-state index is 13.0. The number of aliphatic imine (C=N–C) groups is 1. The zero-order valence-corrected chi connectivity index (χ0v) is 17.5. The first kappa shape index (κ1) is 19.1. The molecule has 0 aromatic carbocycles. The van der Waals surface area contributed by atoms with Crippen LogP contribution in [-0.2, 0) is 4.79 Å². The van der Waals surface area contributed by atoms with E-state index in [4.69, 9.17) is 10.7 Å². The summed E-state index contributed by atoms with van der Waals surface area (Å²) in [5.41, 5.74) is 6.71. The molecule has 140 valence electrons. The van der Waals surface area contributed by atoms with Crippen molar-refractivity contribution in [2.24, 2.45) is 25.8 Å². The number of hydrogen-bond acceptors (Lipinski definition) is 4. The quantitative estimate of drug-likeness (QED) is 0.626. The Labute approximate surface area is 165 Å². The number of carbonyl (C=O) groups is 1. The molecule has 2 fully saturated rings. The van der Waals surface area contributed by atoms with Crippen molar-refractivity contribution in [2.75, 3.05) is 7.05 Å². The summed E-state index contributed by atoms with van der Waals surface area (Å²) in [5, 5.41) is 0. The molecule has 0 aromatic heterocycles. The van der Waals surface area contributed by atoms with Gasteiger partial charge in [0.25, 0.3) is 5.91 Å². The van der Waals surface area contributed by atoms with Crippen molar-refractivity contribution < 1.29 is 4.79 Å². The highest BCUT2D eigenvalue weighted by Gasteiger charge is 2.47. The van der Waals surface area contributed by atoms with E-state index < -0.39 is 5.54 Å². The van der Waals surface area contributed by atoms with Crippen molar-refractivity contribution in [1.82, 2.24) is 4.90 Å². The van der Waals surface area contributed by atoms with Gasteiger partial charge in [0, 0.05) is 12.8 Å². The first-order valence-electron chi connectivity index (χ1n) is 9.84. The smallest absolute Gasteiger partial charge is 0.257 e. The molecule has 2 saturated carbocycles. The normalized spacial score (nSPS) is 33.1. The summed E-state index contributed by atoms with van der Waals surface area (Å²) in [6.45, 7) is 0. The topological polar surface area (TPSA) is 71.0 Å². The van der Waals surface area contributed by atoms with Gasteiger partial charge in [0.2, 0.25) is 0 Å². The maximum absolute atomic E-state index is 13.0. The second-order valence-corrected chi connectivity index (χ2v) is 8.71.